The molecule has 0 unspecified atom stereocenters. The maximum absolute atomic E-state index is 12.5. The van der Waals surface area contributed by atoms with E-state index in [4.69, 9.17) is 4.74 Å². The van der Waals surface area contributed by atoms with Crippen molar-refractivity contribution in [1.29, 1.82) is 0 Å². The molecule has 1 aromatic carbocycles. The van der Waals surface area contributed by atoms with E-state index in [0.29, 0.717) is 24.2 Å². The lowest BCUT2D eigenvalue weighted by molar-refractivity contribution is -0.131. The molecule has 170 valence electrons. The molecular formula is C28H46O2. The molecule has 0 radical (unpaired) electrons. The average Bonchev–Trinajstić information content (AvgIpc) is 2.69. The van der Waals surface area contributed by atoms with Gasteiger partial charge in [0, 0.05) is 18.3 Å². The van der Waals surface area contributed by atoms with Crippen molar-refractivity contribution in [1.82, 2.24) is 0 Å². The van der Waals surface area contributed by atoms with E-state index in [1.807, 2.05) is 20.8 Å². The summed E-state index contributed by atoms with van der Waals surface area (Å²) in [6.45, 7) is 23.9. The van der Waals surface area contributed by atoms with Gasteiger partial charge in [-0.25, -0.2) is 0 Å². The summed E-state index contributed by atoms with van der Waals surface area (Å²) in [4.78, 5) is 12.5. The summed E-state index contributed by atoms with van der Waals surface area (Å²) in [6, 6.07) is 4.75. The Balaban J connectivity index is 3.51. The van der Waals surface area contributed by atoms with Crippen molar-refractivity contribution in [3.63, 3.8) is 0 Å². The van der Waals surface area contributed by atoms with Crippen LogP contribution in [0.5, 0.6) is 0 Å². The Morgan fingerprint density at radius 3 is 1.77 bits per heavy atom. The van der Waals surface area contributed by atoms with E-state index in [1.54, 1.807) is 0 Å². The predicted octanol–water partition coefficient (Wildman–Crippen LogP) is 8.33. The molecule has 0 amide bonds. The van der Waals surface area contributed by atoms with E-state index in [2.05, 4.69) is 79.7 Å². The fourth-order valence-corrected chi connectivity index (χ4v) is 4.40. The summed E-state index contributed by atoms with van der Waals surface area (Å²) in [6.07, 6.45) is 4.58. The molecule has 0 saturated carbocycles. The quantitative estimate of drug-likeness (QED) is 0.340. The van der Waals surface area contributed by atoms with E-state index >= 15 is 0 Å². The van der Waals surface area contributed by atoms with E-state index in [0.717, 1.165) is 0 Å². The molecule has 0 heterocycles. The van der Waals surface area contributed by atoms with Crippen LogP contribution in [-0.2, 0) is 9.53 Å². The van der Waals surface area contributed by atoms with Gasteiger partial charge in [-0.15, -0.1) is 0 Å². The van der Waals surface area contributed by atoms with E-state index in [-0.39, 0.29) is 29.8 Å². The van der Waals surface area contributed by atoms with Crippen LogP contribution in [0.3, 0.4) is 0 Å². The van der Waals surface area contributed by atoms with Gasteiger partial charge < -0.3 is 4.74 Å². The number of hydrogen-bond acceptors (Lipinski definition) is 2. The second-order valence-electron chi connectivity index (χ2n) is 9.81. The summed E-state index contributed by atoms with van der Waals surface area (Å²) in [5, 5.41) is 0. The molecule has 0 spiro atoms. The van der Waals surface area contributed by atoms with Crippen LogP contribution in [0.15, 0.2) is 24.3 Å². The molecule has 0 aliphatic heterocycles. The molecule has 1 aromatic rings. The largest absolute Gasteiger partial charge is 0.369 e. The van der Waals surface area contributed by atoms with Gasteiger partial charge in [-0.3, -0.25) is 4.79 Å². The first-order valence-electron chi connectivity index (χ1n) is 11.9. The minimum absolute atomic E-state index is 0.0641. The Morgan fingerprint density at radius 2 is 1.40 bits per heavy atom. The third-order valence-electron chi connectivity index (χ3n) is 6.31. The number of carbonyl (C=O) groups excluding carboxylic acids is 1. The predicted molar refractivity (Wildman–Crippen MR) is 130 cm³/mol. The molecule has 30 heavy (non-hydrogen) atoms. The van der Waals surface area contributed by atoms with Crippen molar-refractivity contribution in [2.75, 3.05) is 0 Å². The highest BCUT2D eigenvalue weighted by Gasteiger charge is 2.31. The number of benzene rings is 1. The van der Waals surface area contributed by atoms with Crippen LogP contribution in [0.1, 0.15) is 129 Å². The molecule has 0 bridgehead atoms. The minimum atomic E-state index is -0.131. The molecule has 4 atom stereocenters. The highest BCUT2D eigenvalue weighted by atomic mass is 16.5. The zero-order valence-electron chi connectivity index (χ0n) is 21.4. The summed E-state index contributed by atoms with van der Waals surface area (Å²) in [5.74, 6) is 1.67. The van der Waals surface area contributed by atoms with Crippen molar-refractivity contribution in [3.05, 3.63) is 46.5 Å². The van der Waals surface area contributed by atoms with E-state index in [9.17, 15) is 4.79 Å². The molecular weight excluding hydrogens is 368 g/mol. The first-order valence-corrected chi connectivity index (χ1v) is 11.9. The molecule has 0 aliphatic rings. The molecule has 2 nitrogen and oxygen atoms in total. The van der Waals surface area contributed by atoms with Crippen molar-refractivity contribution in [2.24, 2.45) is 11.8 Å². The number of rotatable bonds is 11. The highest BCUT2D eigenvalue weighted by molar-refractivity contribution is 5.81. The SMILES string of the molecule is C/C=C/[C@H](C)[C@H](O[C@H](C)c1c(C(C)C)cc(C(C)C)cc1C(C)C)[C@H](C)C(=O)CC. The third kappa shape index (κ3) is 6.54. The van der Waals surface area contributed by atoms with Gasteiger partial charge >= 0.3 is 0 Å². The Hall–Kier alpha value is -1.41. The summed E-state index contributed by atoms with van der Waals surface area (Å²) < 4.78 is 6.75. The van der Waals surface area contributed by atoms with Crippen LogP contribution in [0, 0.1) is 11.8 Å². The second kappa shape index (κ2) is 11.8. The molecule has 2 heteroatoms. The zero-order chi connectivity index (χ0) is 23.2. The van der Waals surface area contributed by atoms with Crippen molar-refractivity contribution < 1.29 is 9.53 Å². The lowest BCUT2D eigenvalue weighted by Crippen LogP contribution is -2.34. The van der Waals surface area contributed by atoms with Crippen molar-refractivity contribution in [2.45, 2.75) is 113 Å². The molecule has 0 N–H and O–H groups in total. The average molecular weight is 415 g/mol. The normalized spacial score (nSPS) is 16.5. The van der Waals surface area contributed by atoms with Crippen LogP contribution in [-0.4, -0.2) is 11.9 Å². The molecule has 0 saturated heterocycles. The van der Waals surface area contributed by atoms with Gasteiger partial charge in [-0.1, -0.05) is 86.6 Å². The van der Waals surface area contributed by atoms with Gasteiger partial charge in [-0.05, 0) is 53.9 Å². The summed E-state index contributed by atoms with van der Waals surface area (Å²) in [7, 11) is 0. The van der Waals surface area contributed by atoms with Crippen molar-refractivity contribution >= 4 is 5.78 Å². The Kier molecular flexibility index (Phi) is 10.5. The van der Waals surface area contributed by atoms with Crippen LogP contribution >= 0.6 is 0 Å². The monoisotopic (exact) mass is 414 g/mol. The van der Waals surface area contributed by atoms with E-state index < -0.39 is 0 Å². The van der Waals surface area contributed by atoms with Gasteiger partial charge in [0.05, 0.1) is 12.2 Å². The fourth-order valence-electron chi connectivity index (χ4n) is 4.40. The van der Waals surface area contributed by atoms with Crippen LogP contribution in [0.2, 0.25) is 0 Å². The van der Waals surface area contributed by atoms with Gasteiger partial charge in [0.1, 0.15) is 5.78 Å². The molecule has 1 rings (SSSR count). The second-order valence-corrected chi connectivity index (χ2v) is 9.81. The Labute approximate surface area is 186 Å². The summed E-state index contributed by atoms with van der Waals surface area (Å²) in [5.41, 5.74) is 5.47. The van der Waals surface area contributed by atoms with Gasteiger partial charge in [-0.2, -0.15) is 0 Å². The summed E-state index contributed by atoms with van der Waals surface area (Å²) >= 11 is 0. The maximum Gasteiger partial charge on any atom is 0.138 e. The van der Waals surface area contributed by atoms with Crippen LogP contribution < -0.4 is 0 Å². The highest BCUT2D eigenvalue weighted by Crippen LogP contribution is 2.38. The number of ether oxygens (including phenoxy) is 1. The first-order chi connectivity index (χ1) is 14.0. The van der Waals surface area contributed by atoms with E-state index in [1.165, 1.54) is 22.3 Å². The lowest BCUT2D eigenvalue weighted by atomic mass is 9.82. The minimum Gasteiger partial charge on any atom is -0.369 e. The van der Waals surface area contributed by atoms with Crippen LogP contribution in [0.4, 0.5) is 0 Å². The lowest BCUT2D eigenvalue weighted by Gasteiger charge is -2.33. The van der Waals surface area contributed by atoms with Gasteiger partial charge in [0.25, 0.3) is 0 Å². The Morgan fingerprint density at radius 1 is 0.900 bits per heavy atom. The van der Waals surface area contributed by atoms with Crippen molar-refractivity contribution in [3.8, 4) is 0 Å². The topological polar surface area (TPSA) is 26.3 Å². The molecule has 0 aromatic heterocycles. The maximum atomic E-state index is 12.5. The fraction of sp³-hybridized carbons (Fsp3) is 0.679. The smallest absolute Gasteiger partial charge is 0.138 e. The molecule has 0 fully saturated rings. The van der Waals surface area contributed by atoms with Gasteiger partial charge in [0.15, 0.2) is 0 Å². The number of ketones is 1. The molecule has 0 aliphatic carbocycles. The first kappa shape index (κ1) is 26.6. The number of hydrogen-bond donors (Lipinski definition) is 0. The zero-order valence-corrected chi connectivity index (χ0v) is 21.4. The number of Topliss-reactive ketones (excluding diaryl/α,β-unsaturated/α-hetero) is 1. The number of carbonyl (C=O) groups is 1. The van der Waals surface area contributed by atoms with Gasteiger partial charge in [0.2, 0.25) is 0 Å². The third-order valence-corrected chi connectivity index (χ3v) is 6.31. The van der Waals surface area contributed by atoms with Crippen LogP contribution in [0.25, 0.3) is 0 Å². The standard InChI is InChI=1S/C28H46O2/c1-12-14-20(9)28(21(10)26(29)13-2)30-22(11)27-24(18(5)6)15-23(17(3)4)16-25(27)19(7)8/h12,14-22,28H,13H2,1-11H3/b14-12+/t20-,21+,22+,28-/m0/s1. The number of allylic oxidation sites excluding steroid dienone is 1. The Bertz CT molecular complexity index is 682.